The summed E-state index contributed by atoms with van der Waals surface area (Å²) < 4.78 is 6.34. The van der Waals surface area contributed by atoms with E-state index in [4.69, 9.17) is 14.4 Å². The van der Waals surface area contributed by atoms with Crippen molar-refractivity contribution in [3.8, 4) is 56.2 Å². The second kappa shape index (κ2) is 10.6. The Morgan fingerprint density at radius 3 is 1.67 bits per heavy atom. The molecule has 0 bridgehead atoms. The first-order valence-corrected chi connectivity index (χ1v) is 14.4. The average Bonchev–Trinajstić information content (AvgIpc) is 3.48. The van der Waals surface area contributed by atoms with Crippen LogP contribution in [-0.4, -0.2) is 9.97 Å². The number of nitrogens with zero attached hydrogens (tertiary/aromatic N) is 2. The lowest BCUT2D eigenvalue weighted by Gasteiger charge is -2.11. The molecule has 0 aliphatic heterocycles. The minimum atomic E-state index is 0.711. The van der Waals surface area contributed by atoms with Crippen LogP contribution in [0.2, 0.25) is 0 Å². The van der Waals surface area contributed by atoms with Gasteiger partial charge in [-0.3, -0.25) is 0 Å². The van der Waals surface area contributed by atoms with Gasteiger partial charge in [0.05, 0.1) is 11.4 Å². The van der Waals surface area contributed by atoms with E-state index in [2.05, 4.69) is 109 Å². The molecule has 3 heteroatoms. The van der Waals surface area contributed by atoms with E-state index in [9.17, 15) is 0 Å². The van der Waals surface area contributed by atoms with Crippen LogP contribution in [0.4, 0.5) is 0 Å². The highest BCUT2D eigenvalue weighted by atomic mass is 16.3. The first-order chi connectivity index (χ1) is 21.3. The third-order valence-corrected chi connectivity index (χ3v) is 7.90. The Morgan fingerprint density at radius 1 is 0.372 bits per heavy atom. The molecule has 0 aliphatic carbocycles. The number of rotatable bonds is 5. The normalized spacial score (nSPS) is 11.3. The molecule has 0 amide bonds. The first-order valence-electron chi connectivity index (χ1n) is 14.4. The number of hydrogen-bond donors (Lipinski definition) is 0. The second-order valence-electron chi connectivity index (χ2n) is 10.6. The lowest BCUT2D eigenvalue weighted by molar-refractivity contribution is 0.670. The van der Waals surface area contributed by atoms with Crippen LogP contribution in [0.5, 0.6) is 0 Å². The van der Waals surface area contributed by atoms with Crippen LogP contribution in [0, 0.1) is 0 Å². The van der Waals surface area contributed by atoms with Gasteiger partial charge in [-0.15, -0.1) is 0 Å². The molecule has 0 saturated heterocycles. The molecule has 8 aromatic rings. The lowest BCUT2D eigenvalue weighted by Crippen LogP contribution is -1.96. The van der Waals surface area contributed by atoms with E-state index in [1.165, 1.54) is 0 Å². The van der Waals surface area contributed by atoms with E-state index in [-0.39, 0.29) is 0 Å². The van der Waals surface area contributed by atoms with Crippen molar-refractivity contribution in [3.63, 3.8) is 0 Å². The fourth-order valence-corrected chi connectivity index (χ4v) is 5.77. The maximum absolute atomic E-state index is 6.34. The fraction of sp³-hybridized carbons (Fsp3) is 0. The molecule has 0 fully saturated rings. The Hall–Kier alpha value is -5.80. The Kier molecular flexibility index (Phi) is 6.12. The number of benzene rings is 6. The fourth-order valence-electron chi connectivity index (χ4n) is 5.77. The molecule has 0 saturated carbocycles. The number of para-hydroxylation sites is 2. The molecular weight excluding hydrogens is 524 g/mol. The van der Waals surface area contributed by atoms with E-state index < -0.39 is 0 Å². The van der Waals surface area contributed by atoms with Crippen LogP contribution in [0.1, 0.15) is 0 Å². The van der Waals surface area contributed by atoms with Gasteiger partial charge in [-0.1, -0.05) is 133 Å². The molecule has 8 rings (SSSR count). The number of hydrogen-bond acceptors (Lipinski definition) is 3. The van der Waals surface area contributed by atoms with Crippen LogP contribution in [-0.2, 0) is 0 Å². The van der Waals surface area contributed by atoms with Gasteiger partial charge in [0.25, 0.3) is 0 Å². The summed E-state index contributed by atoms with van der Waals surface area (Å²) in [6.07, 6.45) is 0. The van der Waals surface area contributed by atoms with E-state index in [0.29, 0.717) is 5.82 Å². The minimum Gasteiger partial charge on any atom is -0.455 e. The molecule has 43 heavy (non-hydrogen) atoms. The van der Waals surface area contributed by atoms with Gasteiger partial charge in [-0.2, -0.15) is 0 Å². The van der Waals surface area contributed by atoms with Gasteiger partial charge in [0, 0.05) is 33.0 Å². The molecule has 0 N–H and O–H groups in total. The van der Waals surface area contributed by atoms with Crippen molar-refractivity contribution in [3.05, 3.63) is 158 Å². The van der Waals surface area contributed by atoms with Crippen molar-refractivity contribution < 1.29 is 4.42 Å². The van der Waals surface area contributed by atoms with E-state index in [1.807, 2.05) is 48.5 Å². The predicted molar refractivity (Wildman–Crippen MR) is 176 cm³/mol. The van der Waals surface area contributed by atoms with Gasteiger partial charge < -0.3 is 4.42 Å². The highest BCUT2D eigenvalue weighted by molar-refractivity contribution is 6.09. The first kappa shape index (κ1) is 25.0. The van der Waals surface area contributed by atoms with Crippen LogP contribution in [0.15, 0.2) is 162 Å². The van der Waals surface area contributed by atoms with Gasteiger partial charge in [-0.05, 0) is 41.0 Å². The largest absolute Gasteiger partial charge is 0.455 e. The third-order valence-electron chi connectivity index (χ3n) is 7.90. The summed E-state index contributed by atoms with van der Waals surface area (Å²) in [5.74, 6) is 0.711. The van der Waals surface area contributed by atoms with Crippen molar-refractivity contribution in [1.29, 1.82) is 0 Å². The number of fused-ring (bicyclic) bond motifs is 3. The van der Waals surface area contributed by atoms with Crippen molar-refractivity contribution in [2.24, 2.45) is 0 Å². The molecular formula is C40H26N2O. The number of aromatic nitrogens is 2. The van der Waals surface area contributed by atoms with Crippen LogP contribution < -0.4 is 0 Å². The molecule has 2 heterocycles. The highest BCUT2D eigenvalue weighted by Gasteiger charge is 2.14. The van der Waals surface area contributed by atoms with Gasteiger partial charge >= 0.3 is 0 Å². The zero-order valence-electron chi connectivity index (χ0n) is 23.3. The topological polar surface area (TPSA) is 38.9 Å². The maximum Gasteiger partial charge on any atom is 0.160 e. The van der Waals surface area contributed by atoms with E-state index >= 15 is 0 Å². The standard InChI is InChI=1S/C40H26N2O/c1-3-12-27(13-4-1)36-26-37(42-40(41-36)28-14-5-2-6-15-28)32-19-10-17-30(25-32)29-16-9-18-31(24-29)33-21-11-22-35-34-20-7-8-23-38(34)43-39(33)35/h1-26H. The van der Waals surface area contributed by atoms with Crippen molar-refractivity contribution in [2.75, 3.05) is 0 Å². The molecule has 0 radical (unpaired) electrons. The average molecular weight is 551 g/mol. The smallest absolute Gasteiger partial charge is 0.160 e. The summed E-state index contributed by atoms with van der Waals surface area (Å²) in [6.45, 7) is 0. The molecule has 2 aromatic heterocycles. The van der Waals surface area contributed by atoms with Gasteiger partial charge in [0.15, 0.2) is 5.82 Å². The quantitative estimate of drug-likeness (QED) is 0.214. The monoisotopic (exact) mass is 550 g/mol. The second-order valence-corrected chi connectivity index (χ2v) is 10.6. The Morgan fingerprint density at radius 2 is 0.907 bits per heavy atom. The Labute approximate surface area is 249 Å². The summed E-state index contributed by atoms with van der Waals surface area (Å²) in [5.41, 5.74) is 11.2. The summed E-state index contributed by atoms with van der Waals surface area (Å²) in [4.78, 5) is 9.98. The SMILES string of the molecule is c1ccc(-c2cc(-c3cccc(-c4cccc(-c5cccc6c5oc5ccccc56)c4)c3)nc(-c3ccccc3)n2)cc1. The highest BCUT2D eigenvalue weighted by Crippen LogP contribution is 2.37. The van der Waals surface area contributed by atoms with Crippen LogP contribution in [0.3, 0.4) is 0 Å². The van der Waals surface area contributed by atoms with Gasteiger partial charge in [0.1, 0.15) is 11.2 Å². The lowest BCUT2D eigenvalue weighted by atomic mass is 9.96. The van der Waals surface area contributed by atoms with Gasteiger partial charge in [0.2, 0.25) is 0 Å². The summed E-state index contributed by atoms with van der Waals surface area (Å²) in [5, 5.41) is 2.27. The molecule has 6 aromatic carbocycles. The minimum absolute atomic E-state index is 0.711. The molecule has 0 aliphatic rings. The van der Waals surface area contributed by atoms with Crippen molar-refractivity contribution in [2.45, 2.75) is 0 Å². The Bertz CT molecular complexity index is 2180. The van der Waals surface area contributed by atoms with Gasteiger partial charge in [-0.25, -0.2) is 9.97 Å². The summed E-state index contributed by atoms with van der Waals surface area (Å²) >= 11 is 0. The molecule has 0 unspecified atom stereocenters. The number of furan rings is 1. The molecule has 0 atom stereocenters. The van der Waals surface area contributed by atoms with Crippen LogP contribution >= 0.6 is 0 Å². The zero-order valence-corrected chi connectivity index (χ0v) is 23.3. The van der Waals surface area contributed by atoms with Crippen molar-refractivity contribution in [1.82, 2.24) is 9.97 Å². The molecule has 3 nitrogen and oxygen atoms in total. The van der Waals surface area contributed by atoms with Crippen molar-refractivity contribution >= 4 is 21.9 Å². The third kappa shape index (κ3) is 4.67. The van der Waals surface area contributed by atoms with E-state index in [1.54, 1.807) is 0 Å². The Balaban J connectivity index is 1.22. The predicted octanol–water partition coefficient (Wildman–Crippen LogP) is 10.7. The molecule has 0 spiro atoms. The van der Waals surface area contributed by atoms with Crippen LogP contribution in [0.25, 0.3) is 78.1 Å². The molecule has 202 valence electrons. The maximum atomic E-state index is 6.34. The summed E-state index contributed by atoms with van der Waals surface area (Å²) in [6, 6.07) is 54.4. The summed E-state index contributed by atoms with van der Waals surface area (Å²) in [7, 11) is 0. The van der Waals surface area contributed by atoms with E-state index in [0.717, 1.165) is 72.3 Å². The zero-order chi connectivity index (χ0) is 28.6.